The van der Waals surface area contributed by atoms with Crippen LogP contribution in [0, 0.1) is 5.82 Å². The van der Waals surface area contributed by atoms with E-state index in [-0.39, 0.29) is 10.9 Å². The van der Waals surface area contributed by atoms with Crippen LogP contribution in [0.2, 0.25) is 0 Å². The van der Waals surface area contributed by atoms with E-state index in [1.807, 2.05) is 14.0 Å². The summed E-state index contributed by atoms with van der Waals surface area (Å²) in [5.41, 5.74) is 0.364. The minimum absolute atomic E-state index is 0.0812. The molecule has 0 saturated carbocycles. The van der Waals surface area contributed by atoms with Gasteiger partial charge in [0, 0.05) is 24.7 Å². The van der Waals surface area contributed by atoms with E-state index in [4.69, 9.17) is 0 Å². The van der Waals surface area contributed by atoms with Crippen LogP contribution < -0.4 is 10.0 Å². The molecule has 1 atom stereocenters. The first kappa shape index (κ1) is 16.4. The SMILES string of the molecule is CCNCc1cc(S(=O)(=O)NC2CCN(C)C2)ccc1F. The van der Waals surface area contributed by atoms with Crippen molar-refractivity contribution in [3.8, 4) is 0 Å². The van der Waals surface area contributed by atoms with Crippen molar-refractivity contribution in [1.29, 1.82) is 0 Å². The summed E-state index contributed by atoms with van der Waals surface area (Å²) < 4.78 is 41.1. The van der Waals surface area contributed by atoms with Gasteiger partial charge < -0.3 is 10.2 Å². The summed E-state index contributed by atoms with van der Waals surface area (Å²) in [5, 5.41) is 3.00. The van der Waals surface area contributed by atoms with Gasteiger partial charge in [-0.15, -0.1) is 0 Å². The average Bonchev–Trinajstić information content (AvgIpc) is 2.82. The fourth-order valence-corrected chi connectivity index (χ4v) is 3.74. The zero-order valence-corrected chi connectivity index (χ0v) is 13.2. The van der Waals surface area contributed by atoms with Gasteiger partial charge in [-0.05, 0) is 44.8 Å². The summed E-state index contributed by atoms with van der Waals surface area (Å²) in [6, 6.07) is 3.84. The first-order chi connectivity index (χ1) is 9.92. The molecule has 1 saturated heterocycles. The summed E-state index contributed by atoms with van der Waals surface area (Å²) in [6.07, 6.45) is 0.793. The van der Waals surface area contributed by atoms with Gasteiger partial charge in [0.25, 0.3) is 0 Å². The number of benzene rings is 1. The molecule has 2 rings (SSSR count). The van der Waals surface area contributed by atoms with E-state index in [9.17, 15) is 12.8 Å². The third-order valence-corrected chi connectivity index (χ3v) is 5.12. The molecule has 118 valence electrons. The number of nitrogens with zero attached hydrogens (tertiary/aromatic N) is 1. The maximum absolute atomic E-state index is 13.7. The molecule has 1 fully saturated rings. The van der Waals surface area contributed by atoms with E-state index in [2.05, 4.69) is 14.9 Å². The number of hydrogen-bond acceptors (Lipinski definition) is 4. The van der Waals surface area contributed by atoms with E-state index in [0.717, 1.165) is 13.0 Å². The zero-order valence-electron chi connectivity index (χ0n) is 12.4. The smallest absolute Gasteiger partial charge is 0.240 e. The van der Waals surface area contributed by atoms with Crippen LogP contribution in [-0.4, -0.2) is 46.0 Å². The third-order valence-electron chi connectivity index (χ3n) is 3.61. The van der Waals surface area contributed by atoms with E-state index in [1.54, 1.807) is 0 Å². The van der Waals surface area contributed by atoms with Crippen LogP contribution in [-0.2, 0) is 16.6 Å². The van der Waals surface area contributed by atoms with E-state index < -0.39 is 15.8 Å². The average molecular weight is 315 g/mol. The van der Waals surface area contributed by atoms with Crippen LogP contribution in [0.3, 0.4) is 0 Å². The molecule has 0 bridgehead atoms. The van der Waals surface area contributed by atoms with Gasteiger partial charge >= 0.3 is 0 Å². The predicted molar refractivity (Wildman–Crippen MR) is 80.0 cm³/mol. The Bertz CT molecular complexity index is 592. The summed E-state index contributed by atoms with van der Waals surface area (Å²) in [5.74, 6) is -0.393. The Kier molecular flexibility index (Phi) is 5.32. The molecule has 7 heteroatoms. The minimum atomic E-state index is -3.60. The Labute approximate surface area is 125 Å². The van der Waals surface area contributed by atoms with Gasteiger partial charge in [-0.1, -0.05) is 6.92 Å². The van der Waals surface area contributed by atoms with Crippen molar-refractivity contribution in [2.24, 2.45) is 0 Å². The molecule has 1 aliphatic heterocycles. The van der Waals surface area contributed by atoms with Crippen molar-refractivity contribution < 1.29 is 12.8 Å². The van der Waals surface area contributed by atoms with E-state index >= 15 is 0 Å². The highest BCUT2D eigenvalue weighted by Crippen LogP contribution is 2.17. The third kappa shape index (κ3) is 4.23. The van der Waals surface area contributed by atoms with Gasteiger partial charge in [0.1, 0.15) is 5.82 Å². The van der Waals surface area contributed by atoms with Crippen LogP contribution in [0.1, 0.15) is 18.9 Å². The van der Waals surface area contributed by atoms with Gasteiger partial charge in [0.2, 0.25) is 10.0 Å². The zero-order chi connectivity index (χ0) is 15.5. The molecule has 0 amide bonds. The van der Waals surface area contributed by atoms with Gasteiger partial charge in [0.05, 0.1) is 4.90 Å². The highest BCUT2D eigenvalue weighted by Gasteiger charge is 2.25. The highest BCUT2D eigenvalue weighted by molar-refractivity contribution is 7.89. The number of likely N-dealkylation sites (N-methyl/N-ethyl adjacent to an activating group) is 1. The molecule has 1 unspecified atom stereocenters. The molecule has 0 spiro atoms. The van der Waals surface area contributed by atoms with Crippen molar-refractivity contribution >= 4 is 10.0 Å². The first-order valence-electron chi connectivity index (χ1n) is 7.12. The lowest BCUT2D eigenvalue weighted by atomic mass is 10.2. The molecule has 1 aliphatic rings. The van der Waals surface area contributed by atoms with Crippen molar-refractivity contribution in [3.05, 3.63) is 29.6 Å². The van der Waals surface area contributed by atoms with Crippen LogP contribution in [0.25, 0.3) is 0 Å². The quantitative estimate of drug-likeness (QED) is 0.819. The van der Waals surface area contributed by atoms with Crippen molar-refractivity contribution in [1.82, 2.24) is 14.9 Å². The summed E-state index contributed by atoms with van der Waals surface area (Å²) in [4.78, 5) is 2.19. The van der Waals surface area contributed by atoms with Crippen LogP contribution in [0.5, 0.6) is 0 Å². The number of likely N-dealkylation sites (tertiary alicyclic amines) is 1. The van der Waals surface area contributed by atoms with Crippen LogP contribution in [0.4, 0.5) is 4.39 Å². The fourth-order valence-electron chi connectivity index (χ4n) is 2.43. The normalized spacial score (nSPS) is 20.0. The monoisotopic (exact) mass is 315 g/mol. The Morgan fingerprint density at radius 1 is 1.43 bits per heavy atom. The van der Waals surface area contributed by atoms with Crippen molar-refractivity contribution in [3.63, 3.8) is 0 Å². The number of rotatable bonds is 6. The number of hydrogen-bond donors (Lipinski definition) is 2. The molecule has 0 radical (unpaired) electrons. The summed E-state index contributed by atoms with van der Waals surface area (Å²) in [7, 11) is -1.64. The second-order valence-corrected chi connectivity index (χ2v) is 7.12. The predicted octanol–water partition coefficient (Wildman–Crippen LogP) is 0.918. The molecule has 5 nitrogen and oxygen atoms in total. The van der Waals surface area contributed by atoms with Crippen LogP contribution in [0.15, 0.2) is 23.1 Å². The van der Waals surface area contributed by atoms with Gasteiger partial charge in [0.15, 0.2) is 0 Å². The Balaban J connectivity index is 2.15. The van der Waals surface area contributed by atoms with Gasteiger partial charge in [-0.25, -0.2) is 17.5 Å². The highest BCUT2D eigenvalue weighted by atomic mass is 32.2. The van der Waals surface area contributed by atoms with Gasteiger partial charge in [-0.2, -0.15) is 0 Å². The fraction of sp³-hybridized carbons (Fsp3) is 0.571. The van der Waals surface area contributed by atoms with Gasteiger partial charge in [-0.3, -0.25) is 0 Å². The van der Waals surface area contributed by atoms with E-state index in [1.165, 1.54) is 18.2 Å². The molecular weight excluding hydrogens is 293 g/mol. The second-order valence-electron chi connectivity index (χ2n) is 5.40. The Morgan fingerprint density at radius 2 is 2.19 bits per heavy atom. The first-order valence-corrected chi connectivity index (χ1v) is 8.60. The lowest BCUT2D eigenvalue weighted by molar-refractivity contribution is 0.407. The minimum Gasteiger partial charge on any atom is -0.313 e. The maximum atomic E-state index is 13.7. The summed E-state index contributed by atoms with van der Waals surface area (Å²) >= 11 is 0. The molecule has 0 aliphatic carbocycles. The standard InChI is InChI=1S/C14H22FN3O2S/c1-3-16-9-11-8-13(4-5-14(11)15)21(19,20)17-12-6-7-18(2)10-12/h4-5,8,12,16-17H,3,6-7,9-10H2,1-2H3. The molecule has 1 heterocycles. The lowest BCUT2D eigenvalue weighted by Crippen LogP contribution is -2.36. The molecular formula is C14H22FN3O2S. The molecule has 21 heavy (non-hydrogen) atoms. The number of nitrogens with one attached hydrogen (secondary N) is 2. The topological polar surface area (TPSA) is 61.4 Å². The lowest BCUT2D eigenvalue weighted by Gasteiger charge is -2.14. The van der Waals surface area contributed by atoms with Crippen molar-refractivity contribution in [2.45, 2.75) is 30.8 Å². The Hall–Kier alpha value is -1.02. The molecule has 1 aromatic carbocycles. The maximum Gasteiger partial charge on any atom is 0.240 e. The molecule has 0 aromatic heterocycles. The van der Waals surface area contributed by atoms with Crippen molar-refractivity contribution in [2.75, 3.05) is 26.7 Å². The number of sulfonamides is 1. The molecule has 1 aromatic rings. The number of halogens is 1. The van der Waals surface area contributed by atoms with Crippen LogP contribution >= 0.6 is 0 Å². The second kappa shape index (κ2) is 6.83. The van der Waals surface area contributed by atoms with E-state index in [0.29, 0.717) is 25.2 Å². The Morgan fingerprint density at radius 3 is 2.81 bits per heavy atom. The molecule has 2 N–H and O–H groups in total. The summed E-state index contributed by atoms with van der Waals surface area (Å²) in [6.45, 7) is 4.50. The largest absolute Gasteiger partial charge is 0.313 e.